The van der Waals surface area contributed by atoms with Gasteiger partial charge in [-0.15, -0.1) is 0 Å². The zero-order chi connectivity index (χ0) is 19.6. The molecule has 0 atom stereocenters. The van der Waals surface area contributed by atoms with Crippen molar-refractivity contribution in [2.24, 2.45) is 0 Å². The Bertz CT molecular complexity index is 799. The van der Waals surface area contributed by atoms with Crippen molar-refractivity contribution in [3.05, 3.63) is 29.7 Å². The van der Waals surface area contributed by atoms with Crippen molar-refractivity contribution in [1.29, 1.82) is 0 Å². The van der Waals surface area contributed by atoms with Gasteiger partial charge in [0.15, 0.2) is 0 Å². The molecule has 0 spiro atoms. The lowest BCUT2D eigenvalue weighted by atomic mass is 10.1. The second-order valence-corrected chi connectivity index (χ2v) is 9.54. The van der Waals surface area contributed by atoms with Gasteiger partial charge in [-0.05, 0) is 100.0 Å². The van der Waals surface area contributed by atoms with E-state index < -0.39 is 11.1 Å². The molecule has 0 bridgehead atoms. The molecule has 0 aliphatic carbocycles. The minimum atomic E-state index is -0.406. The number of hydrogen-bond acceptors (Lipinski definition) is 5. The third-order valence-corrected chi connectivity index (χ3v) is 6.91. The van der Waals surface area contributed by atoms with Crippen molar-refractivity contribution in [3.8, 4) is 5.75 Å². The number of benzene rings is 1. The van der Waals surface area contributed by atoms with E-state index in [1.165, 1.54) is 0 Å². The Kier molecular flexibility index (Phi) is 7.06. The Balaban J connectivity index is 1.75. The summed E-state index contributed by atoms with van der Waals surface area (Å²) in [6.07, 6.45) is 4.76. The number of rotatable bonds is 4. The summed E-state index contributed by atoms with van der Waals surface area (Å²) in [4.78, 5) is 40.5. The summed E-state index contributed by atoms with van der Waals surface area (Å²) in [5.74, 6) is 0.219. The topological polar surface area (TPSA) is 66.9 Å². The molecular weight excluding hydrogens is 594 g/mol. The van der Waals surface area contributed by atoms with E-state index in [2.05, 4.69) is 45.2 Å². The fourth-order valence-electron chi connectivity index (χ4n) is 3.02. The number of nitrogens with zero attached hydrogens (tertiary/aromatic N) is 2. The van der Waals surface area contributed by atoms with Crippen LogP contribution in [0.3, 0.4) is 0 Å². The highest BCUT2D eigenvalue weighted by Gasteiger charge is 2.37. The standard InChI is InChI=1S/C18H18I2N2O4S/c1-26-16-12(19)7-11(8-13(16)20)9-14-17(24)22(18(25)27-14)10-15(23)21-5-3-2-4-6-21/h7-9H,2-6,10H2,1H3/b14-9-. The number of likely N-dealkylation sites (tertiary alicyclic amines) is 1. The van der Waals surface area contributed by atoms with Crippen LogP contribution >= 0.6 is 56.9 Å². The average Bonchev–Trinajstić information content (AvgIpc) is 2.89. The SMILES string of the molecule is COc1c(I)cc(/C=C2\SC(=O)N(CC(=O)N3CCCCC3)C2=O)cc1I. The Hall–Kier alpha value is -0.820. The van der Waals surface area contributed by atoms with Gasteiger partial charge in [0.25, 0.3) is 11.1 Å². The molecule has 0 saturated carbocycles. The summed E-state index contributed by atoms with van der Waals surface area (Å²) in [7, 11) is 1.62. The van der Waals surface area contributed by atoms with E-state index in [1.807, 2.05) is 12.1 Å². The Labute approximate surface area is 189 Å². The van der Waals surface area contributed by atoms with Crippen LogP contribution in [0.15, 0.2) is 17.0 Å². The normalized spacial score (nSPS) is 19.1. The predicted octanol–water partition coefficient (Wildman–Crippen LogP) is 3.95. The predicted molar refractivity (Wildman–Crippen MR) is 122 cm³/mol. The first kappa shape index (κ1) is 20.9. The molecular formula is C18H18I2N2O4S. The highest BCUT2D eigenvalue weighted by molar-refractivity contribution is 14.1. The van der Waals surface area contributed by atoms with Gasteiger partial charge in [0.1, 0.15) is 12.3 Å². The lowest BCUT2D eigenvalue weighted by Crippen LogP contribution is -2.44. The van der Waals surface area contributed by atoms with Gasteiger partial charge in [-0.3, -0.25) is 19.3 Å². The number of ether oxygens (including phenoxy) is 1. The van der Waals surface area contributed by atoms with Gasteiger partial charge >= 0.3 is 0 Å². The number of imide groups is 1. The number of methoxy groups -OCH3 is 1. The minimum absolute atomic E-state index is 0.160. The minimum Gasteiger partial charge on any atom is -0.495 e. The molecule has 0 radical (unpaired) electrons. The number of thioether (sulfide) groups is 1. The van der Waals surface area contributed by atoms with Gasteiger partial charge in [-0.1, -0.05) is 0 Å². The van der Waals surface area contributed by atoms with Crippen LogP contribution < -0.4 is 4.74 Å². The van der Waals surface area contributed by atoms with E-state index in [9.17, 15) is 14.4 Å². The monoisotopic (exact) mass is 612 g/mol. The molecule has 2 aliphatic heterocycles. The Morgan fingerprint density at radius 2 is 1.81 bits per heavy atom. The molecule has 1 aromatic rings. The third-order valence-electron chi connectivity index (χ3n) is 4.40. The average molecular weight is 612 g/mol. The van der Waals surface area contributed by atoms with E-state index in [4.69, 9.17) is 4.74 Å². The number of amides is 3. The van der Waals surface area contributed by atoms with Crippen LogP contribution in [0.1, 0.15) is 24.8 Å². The quantitative estimate of drug-likeness (QED) is 0.381. The molecule has 9 heteroatoms. The molecule has 3 rings (SSSR count). The van der Waals surface area contributed by atoms with Crippen molar-refractivity contribution in [3.63, 3.8) is 0 Å². The van der Waals surface area contributed by atoms with E-state index in [0.29, 0.717) is 18.0 Å². The van der Waals surface area contributed by atoms with Gasteiger partial charge in [0.2, 0.25) is 5.91 Å². The summed E-state index contributed by atoms with van der Waals surface area (Å²) >= 11 is 5.23. The zero-order valence-electron chi connectivity index (χ0n) is 14.7. The van der Waals surface area contributed by atoms with Crippen molar-refractivity contribution < 1.29 is 19.1 Å². The molecule has 0 N–H and O–H groups in total. The van der Waals surface area contributed by atoms with Crippen LogP contribution in [0.5, 0.6) is 5.75 Å². The van der Waals surface area contributed by atoms with Crippen LogP contribution in [0.4, 0.5) is 4.79 Å². The Morgan fingerprint density at radius 3 is 2.41 bits per heavy atom. The van der Waals surface area contributed by atoms with Crippen LogP contribution in [0.2, 0.25) is 0 Å². The van der Waals surface area contributed by atoms with Gasteiger partial charge < -0.3 is 9.64 Å². The highest BCUT2D eigenvalue weighted by Crippen LogP contribution is 2.34. The lowest BCUT2D eigenvalue weighted by Gasteiger charge is -2.27. The van der Waals surface area contributed by atoms with Gasteiger partial charge in [-0.25, -0.2) is 0 Å². The van der Waals surface area contributed by atoms with Crippen LogP contribution in [0, 0.1) is 7.14 Å². The first-order chi connectivity index (χ1) is 12.9. The number of carbonyl (C=O) groups is 3. The second-order valence-electron chi connectivity index (χ2n) is 6.23. The fourth-order valence-corrected chi connectivity index (χ4v) is 6.12. The van der Waals surface area contributed by atoms with E-state index in [-0.39, 0.29) is 12.5 Å². The first-order valence-corrected chi connectivity index (χ1v) is 11.4. The summed E-state index contributed by atoms with van der Waals surface area (Å²) in [5.41, 5.74) is 0.817. The largest absolute Gasteiger partial charge is 0.495 e. The summed E-state index contributed by atoms with van der Waals surface area (Å²) in [6.45, 7) is 1.22. The lowest BCUT2D eigenvalue weighted by molar-refractivity contribution is -0.136. The molecule has 6 nitrogen and oxygen atoms in total. The maximum Gasteiger partial charge on any atom is 0.294 e. The Morgan fingerprint density at radius 1 is 1.19 bits per heavy atom. The molecule has 2 fully saturated rings. The molecule has 3 amide bonds. The van der Waals surface area contributed by atoms with Gasteiger partial charge in [0, 0.05) is 13.1 Å². The molecule has 2 aliphatic rings. The number of halogens is 2. The number of hydrogen-bond donors (Lipinski definition) is 0. The first-order valence-electron chi connectivity index (χ1n) is 8.47. The van der Waals surface area contributed by atoms with Crippen molar-refractivity contribution in [1.82, 2.24) is 9.80 Å². The van der Waals surface area contributed by atoms with E-state index in [0.717, 1.165) is 54.4 Å². The molecule has 0 unspecified atom stereocenters. The third kappa shape index (κ3) is 4.78. The highest BCUT2D eigenvalue weighted by atomic mass is 127. The molecule has 1 aromatic carbocycles. The van der Waals surface area contributed by atoms with Gasteiger partial charge in [0.05, 0.1) is 19.2 Å². The van der Waals surface area contributed by atoms with E-state index >= 15 is 0 Å². The molecule has 2 heterocycles. The maximum absolute atomic E-state index is 12.6. The number of piperidine rings is 1. The molecule has 144 valence electrons. The van der Waals surface area contributed by atoms with Crippen LogP contribution in [-0.4, -0.2) is 53.6 Å². The summed E-state index contributed by atoms with van der Waals surface area (Å²) in [6, 6.07) is 3.79. The van der Waals surface area contributed by atoms with Gasteiger partial charge in [-0.2, -0.15) is 0 Å². The molecule has 0 aromatic heterocycles. The van der Waals surface area contributed by atoms with Crippen LogP contribution in [0.25, 0.3) is 6.08 Å². The van der Waals surface area contributed by atoms with Crippen LogP contribution in [-0.2, 0) is 9.59 Å². The second kappa shape index (κ2) is 9.12. The van der Waals surface area contributed by atoms with Crippen molar-refractivity contribution >= 4 is 80.1 Å². The molecule has 27 heavy (non-hydrogen) atoms. The summed E-state index contributed by atoms with van der Waals surface area (Å²) < 4.78 is 7.19. The zero-order valence-corrected chi connectivity index (χ0v) is 19.8. The smallest absolute Gasteiger partial charge is 0.294 e. The number of carbonyl (C=O) groups excluding carboxylic acids is 3. The maximum atomic E-state index is 12.6. The van der Waals surface area contributed by atoms with Crippen molar-refractivity contribution in [2.75, 3.05) is 26.7 Å². The van der Waals surface area contributed by atoms with Crippen molar-refractivity contribution in [2.45, 2.75) is 19.3 Å². The fraction of sp³-hybridized carbons (Fsp3) is 0.389. The summed E-state index contributed by atoms with van der Waals surface area (Å²) in [5, 5.41) is -0.394. The molecule has 2 saturated heterocycles. The van der Waals surface area contributed by atoms with E-state index in [1.54, 1.807) is 18.1 Å².